The lowest BCUT2D eigenvalue weighted by atomic mass is 10.3. The summed E-state index contributed by atoms with van der Waals surface area (Å²) in [4.78, 5) is 19.5. The first-order valence-corrected chi connectivity index (χ1v) is 6.16. The Labute approximate surface area is 116 Å². The zero-order chi connectivity index (χ0) is 14.2. The van der Waals surface area contributed by atoms with Crippen LogP contribution in [0.15, 0.2) is 48.9 Å². The Kier molecular flexibility index (Phi) is 4.83. The molecule has 5 heteroatoms. The molecule has 1 aromatic carbocycles. The smallest absolute Gasteiger partial charge is 0.336 e. The molecule has 5 nitrogen and oxygen atoms in total. The molecule has 0 bridgehead atoms. The van der Waals surface area contributed by atoms with Crippen LogP contribution in [0.1, 0.15) is 12.6 Å². The van der Waals surface area contributed by atoms with Crippen LogP contribution < -0.4 is 9.47 Å². The van der Waals surface area contributed by atoms with E-state index < -0.39 is 5.97 Å². The summed E-state index contributed by atoms with van der Waals surface area (Å²) in [6.07, 6.45) is 7.53. The van der Waals surface area contributed by atoms with E-state index in [1.54, 1.807) is 48.9 Å². The maximum atomic E-state index is 11.6. The Morgan fingerprint density at radius 2 is 1.95 bits per heavy atom. The molecule has 2 aromatic rings. The number of hydrogen-bond donors (Lipinski definition) is 0. The van der Waals surface area contributed by atoms with Gasteiger partial charge in [-0.2, -0.15) is 0 Å². The van der Waals surface area contributed by atoms with Crippen molar-refractivity contribution in [2.75, 3.05) is 6.61 Å². The number of nitrogens with zero attached hydrogens (tertiary/aromatic N) is 2. The van der Waals surface area contributed by atoms with Gasteiger partial charge in [-0.1, -0.05) is 0 Å². The van der Waals surface area contributed by atoms with Crippen molar-refractivity contribution in [1.82, 2.24) is 9.97 Å². The zero-order valence-electron chi connectivity index (χ0n) is 11.0. The van der Waals surface area contributed by atoms with Crippen LogP contribution in [0.2, 0.25) is 0 Å². The van der Waals surface area contributed by atoms with Gasteiger partial charge in [-0.05, 0) is 37.3 Å². The minimum Gasteiger partial charge on any atom is -0.494 e. The van der Waals surface area contributed by atoms with Crippen molar-refractivity contribution < 1.29 is 14.3 Å². The SMILES string of the molecule is CCOc1ccc(OC(=O)/C=C/c2cnccn2)cc1. The summed E-state index contributed by atoms with van der Waals surface area (Å²) in [5.74, 6) is 0.726. The van der Waals surface area contributed by atoms with Crippen molar-refractivity contribution in [3.8, 4) is 11.5 Å². The van der Waals surface area contributed by atoms with Gasteiger partial charge in [0.15, 0.2) is 0 Å². The summed E-state index contributed by atoms with van der Waals surface area (Å²) in [6.45, 7) is 2.51. The van der Waals surface area contributed by atoms with E-state index in [9.17, 15) is 4.79 Å². The summed E-state index contributed by atoms with van der Waals surface area (Å²) in [5.41, 5.74) is 0.594. The predicted octanol–water partition coefficient (Wildman–Crippen LogP) is 2.49. The van der Waals surface area contributed by atoms with E-state index in [1.165, 1.54) is 6.08 Å². The molecule has 0 saturated heterocycles. The van der Waals surface area contributed by atoms with Gasteiger partial charge in [-0.3, -0.25) is 9.97 Å². The van der Waals surface area contributed by atoms with Crippen LogP contribution in [0.4, 0.5) is 0 Å². The molecule has 0 aliphatic heterocycles. The Morgan fingerprint density at radius 1 is 1.20 bits per heavy atom. The highest BCUT2D eigenvalue weighted by Gasteiger charge is 2.01. The van der Waals surface area contributed by atoms with Gasteiger partial charge in [-0.15, -0.1) is 0 Å². The largest absolute Gasteiger partial charge is 0.494 e. The van der Waals surface area contributed by atoms with E-state index in [0.717, 1.165) is 5.75 Å². The lowest BCUT2D eigenvalue weighted by molar-refractivity contribution is -0.128. The number of carbonyl (C=O) groups is 1. The fourth-order valence-electron chi connectivity index (χ4n) is 1.47. The second kappa shape index (κ2) is 7.04. The van der Waals surface area contributed by atoms with Gasteiger partial charge >= 0.3 is 5.97 Å². The number of ether oxygens (including phenoxy) is 2. The number of benzene rings is 1. The van der Waals surface area contributed by atoms with Crippen LogP contribution in [0, 0.1) is 0 Å². The predicted molar refractivity (Wildman–Crippen MR) is 74.3 cm³/mol. The van der Waals surface area contributed by atoms with Gasteiger partial charge in [0, 0.05) is 18.5 Å². The molecule has 102 valence electrons. The summed E-state index contributed by atoms with van der Waals surface area (Å²) in [6, 6.07) is 6.86. The first-order valence-electron chi connectivity index (χ1n) is 6.16. The first-order chi connectivity index (χ1) is 9.78. The van der Waals surface area contributed by atoms with Gasteiger partial charge < -0.3 is 9.47 Å². The zero-order valence-corrected chi connectivity index (χ0v) is 11.0. The summed E-state index contributed by atoms with van der Waals surface area (Å²) in [7, 11) is 0. The van der Waals surface area contributed by atoms with Crippen LogP contribution >= 0.6 is 0 Å². The lowest BCUT2D eigenvalue weighted by Gasteiger charge is -2.04. The van der Waals surface area contributed by atoms with E-state index in [1.807, 2.05) is 6.92 Å². The fourth-order valence-corrected chi connectivity index (χ4v) is 1.47. The minimum absolute atomic E-state index is 0.460. The highest BCUT2D eigenvalue weighted by molar-refractivity contribution is 5.88. The molecule has 1 aromatic heterocycles. The molecule has 0 amide bonds. The molecule has 0 saturated carbocycles. The minimum atomic E-state index is -0.472. The van der Waals surface area contributed by atoms with Gasteiger partial charge in [0.25, 0.3) is 0 Å². The molecule has 0 spiro atoms. The fraction of sp³-hybridized carbons (Fsp3) is 0.133. The summed E-state index contributed by atoms with van der Waals surface area (Å²) in [5, 5.41) is 0. The monoisotopic (exact) mass is 270 g/mol. The van der Waals surface area contributed by atoms with Crippen molar-refractivity contribution in [2.45, 2.75) is 6.92 Å². The quantitative estimate of drug-likeness (QED) is 0.474. The molecule has 1 heterocycles. The van der Waals surface area contributed by atoms with Gasteiger partial charge in [-0.25, -0.2) is 4.79 Å². The van der Waals surface area contributed by atoms with Crippen LogP contribution in [0.5, 0.6) is 11.5 Å². The average Bonchev–Trinajstić information content (AvgIpc) is 2.49. The second-order valence-electron chi connectivity index (χ2n) is 3.79. The number of rotatable bonds is 5. The van der Waals surface area contributed by atoms with Crippen molar-refractivity contribution in [2.24, 2.45) is 0 Å². The van der Waals surface area contributed by atoms with E-state index in [-0.39, 0.29) is 0 Å². The van der Waals surface area contributed by atoms with Crippen LogP contribution in [-0.4, -0.2) is 22.5 Å². The Bertz CT molecular complexity index is 580. The van der Waals surface area contributed by atoms with Crippen LogP contribution in [0.25, 0.3) is 6.08 Å². The lowest BCUT2D eigenvalue weighted by Crippen LogP contribution is -2.03. The van der Waals surface area contributed by atoms with Crippen molar-refractivity contribution in [1.29, 1.82) is 0 Å². The highest BCUT2D eigenvalue weighted by Crippen LogP contribution is 2.17. The van der Waals surface area contributed by atoms with E-state index >= 15 is 0 Å². The third kappa shape index (κ3) is 4.20. The molecular weight excluding hydrogens is 256 g/mol. The maximum absolute atomic E-state index is 11.6. The molecule has 0 atom stereocenters. The molecule has 2 rings (SSSR count). The molecule has 0 aliphatic carbocycles. The third-order valence-electron chi connectivity index (χ3n) is 2.33. The van der Waals surface area contributed by atoms with Crippen molar-refractivity contribution >= 4 is 12.0 Å². The van der Waals surface area contributed by atoms with E-state index in [4.69, 9.17) is 9.47 Å². The number of esters is 1. The molecule has 0 fully saturated rings. The summed E-state index contributed by atoms with van der Waals surface area (Å²) >= 11 is 0. The number of aromatic nitrogens is 2. The highest BCUT2D eigenvalue weighted by atomic mass is 16.5. The Balaban J connectivity index is 1.92. The molecule has 20 heavy (non-hydrogen) atoms. The Hall–Kier alpha value is -2.69. The normalized spacial score (nSPS) is 10.4. The molecule has 0 N–H and O–H groups in total. The van der Waals surface area contributed by atoms with Crippen molar-refractivity contribution in [3.63, 3.8) is 0 Å². The third-order valence-corrected chi connectivity index (χ3v) is 2.33. The van der Waals surface area contributed by atoms with Crippen LogP contribution in [0.3, 0.4) is 0 Å². The second-order valence-corrected chi connectivity index (χ2v) is 3.79. The van der Waals surface area contributed by atoms with Crippen LogP contribution in [-0.2, 0) is 4.79 Å². The molecule has 0 radical (unpaired) electrons. The van der Waals surface area contributed by atoms with E-state index in [2.05, 4.69) is 9.97 Å². The first kappa shape index (κ1) is 13.7. The van der Waals surface area contributed by atoms with Gasteiger partial charge in [0.1, 0.15) is 11.5 Å². The van der Waals surface area contributed by atoms with Crippen molar-refractivity contribution in [3.05, 3.63) is 54.6 Å². The molecule has 0 unspecified atom stereocenters. The molecular formula is C15H14N2O3. The standard InChI is InChI=1S/C15H14N2O3/c1-2-19-13-4-6-14(7-5-13)20-15(18)8-3-12-11-16-9-10-17-12/h3-11H,2H2,1H3/b8-3+. The summed E-state index contributed by atoms with van der Waals surface area (Å²) < 4.78 is 10.4. The average molecular weight is 270 g/mol. The maximum Gasteiger partial charge on any atom is 0.336 e. The number of hydrogen-bond acceptors (Lipinski definition) is 5. The Morgan fingerprint density at radius 3 is 2.60 bits per heavy atom. The van der Waals surface area contributed by atoms with E-state index in [0.29, 0.717) is 18.1 Å². The van der Waals surface area contributed by atoms with Gasteiger partial charge in [0.2, 0.25) is 0 Å². The number of carbonyl (C=O) groups excluding carboxylic acids is 1. The topological polar surface area (TPSA) is 61.3 Å². The molecule has 0 aliphatic rings. The van der Waals surface area contributed by atoms with Gasteiger partial charge in [0.05, 0.1) is 18.5 Å².